The van der Waals surface area contributed by atoms with Gasteiger partial charge in [0.2, 0.25) is 0 Å². The Labute approximate surface area is 81.7 Å². The third kappa shape index (κ3) is 1.95. The molecule has 84 valence electrons. The number of anilines is 2. The third-order valence-electron chi connectivity index (χ3n) is 1.77. The highest BCUT2D eigenvalue weighted by atomic mass is 19.4. The zero-order chi connectivity index (χ0) is 11.9. The van der Waals surface area contributed by atoms with E-state index in [1.807, 2.05) is 0 Å². The topological polar surface area (TPSA) is 52.0 Å². The van der Waals surface area contributed by atoms with Gasteiger partial charge in [0, 0.05) is 11.4 Å². The van der Waals surface area contributed by atoms with Gasteiger partial charge in [0.15, 0.2) is 0 Å². The molecule has 0 fully saturated rings. The summed E-state index contributed by atoms with van der Waals surface area (Å²) in [5.41, 5.74) is 7.97. The van der Waals surface area contributed by atoms with Gasteiger partial charge < -0.3 is 11.5 Å². The number of hydrogen-bond donors (Lipinski definition) is 2. The molecule has 0 atom stereocenters. The molecule has 0 radical (unpaired) electrons. The molecule has 0 aliphatic carbocycles. The van der Waals surface area contributed by atoms with Crippen LogP contribution in [0.1, 0.15) is 5.56 Å². The van der Waals surface area contributed by atoms with Crippen LogP contribution >= 0.6 is 0 Å². The van der Waals surface area contributed by atoms with Crippen molar-refractivity contribution in [3.8, 4) is 0 Å². The van der Waals surface area contributed by atoms with Crippen LogP contribution in [-0.2, 0) is 5.92 Å². The fraction of sp³-hybridized carbons (Fsp3) is 0.250. The largest absolute Gasteiger partial charge is 0.458 e. The molecule has 0 saturated heterocycles. The molecule has 1 rings (SSSR count). The molecule has 0 heterocycles. The minimum Gasteiger partial charge on any atom is -0.399 e. The minimum atomic E-state index is -5.69. The average molecular weight is 226 g/mol. The number of halogens is 5. The van der Waals surface area contributed by atoms with Crippen LogP contribution in [0.5, 0.6) is 0 Å². The van der Waals surface area contributed by atoms with Crippen LogP contribution in [0.3, 0.4) is 0 Å². The van der Waals surface area contributed by atoms with Crippen LogP contribution in [0.25, 0.3) is 0 Å². The molecule has 0 amide bonds. The number of alkyl halides is 5. The molecular formula is C8H7F5N2. The first-order valence-electron chi connectivity index (χ1n) is 3.76. The summed E-state index contributed by atoms with van der Waals surface area (Å²) in [7, 11) is 0. The molecule has 0 spiro atoms. The number of rotatable bonds is 1. The summed E-state index contributed by atoms with van der Waals surface area (Å²) >= 11 is 0. The van der Waals surface area contributed by atoms with Gasteiger partial charge in [0.25, 0.3) is 0 Å². The van der Waals surface area contributed by atoms with Crippen molar-refractivity contribution < 1.29 is 22.0 Å². The quantitative estimate of drug-likeness (QED) is 0.571. The van der Waals surface area contributed by atoms with Gasteiger partial charge in [-0.25, -0.2) is 0 Å². The van der Waals surface area contributed by atoms with Crippen molar-refractivity contribution in [2.45, 2.75) is 12.1 Å². The summed E-state index contributed by atoms with van der Waals surface area (Å²) in [5.74, 6) is -4.99. The van der Waals surface area contributed by atoms with Crippen LogP contribution in [0.4, 0.5) is 33.3 Å². The lowest BCUT2D eigenvalue weighted by Gasteiger charge is -2.21. The molecule has 7 heteroatoms. The molecule has 2 nitrogen and oxygen atoms in total. The highest BCUT2D eigenvalue weighted by molar-refractivity contribution is 5.57. The molecule has 1 aromatic carbocycles. The van der Waals surface area contributed by atoms with Crippen LogP contribution in [0, 0.1) is 0 Å². The summed E-state index contributed by atoms with van der Waals surface area (Å²) in [5, 5.41) is 0. The Morgan fingerprint density at radius 2 is 1.47 bits per heavy atom. The van der Waals surface area contributed by atoms with Gasteiger partial charge in [0.05, 0.1) is 5.56 Å². The van der Waals surface area contributed by atoms with Crippen LogP contribution in [0.2, 0.25) is 0 Å². The Kier molecular flexibility index (Phi) is 2.50. The fourth-order valence-electron chi connectivity index (χ4n) is 0.999. The van der Waals surface area contributed by atoms with Gasteiger partial charge in [0.1, 0.15) is 0 Å². The SMILES string of the molecule is Nc1ccc(N)c(C(F)(F)C(F)(F)F)c1. The highest BCUT2D eigenvalue weighted by Crippen LogP contribution is 2.46. The number of nitrogens with two attached hydrogens (primary N) is 2. The summed E-state index contributed by atoms with van der Waals surface area (Å²) in [6, 6.07) is 2.57. The van der Waals surface area contributed by atoms with Crippen molar-refractivity contribution in [2.24, 2.45) is 0 Å². The standard InChI is InChI=1S/C8H7F5N2/c9-7(10,8(11,12)13)5-3-4(14)1-2-6(5)15/h1-3H,14-15H2. The van der Waals surface area contributed by atoms with E-state index in [-0.39, 0.29) is 5.69 Å². The van der Waals surface area contributed by atoms with Gasteiger partial charge >= 0.3 is 12.1 Å². The Bertz CT molecular complexity index is 372. The van der Waals surface area contributed by atoms with Crippen LogP contribution in [0.15, 0.2) is 18.2 Å². The van der Waals surface area contributed by atoms with Crippen LogP contribution < -0.4 is 11.5 Å². The molecule has 4 N–H and O–H groups in total. The number of benzene rings is 1. The predicted molar refractivity (Wildman–Crippen MR) is 45.2 cm³/mol. The van der Waals surface area contributed by atoms with E-state index in [1.54, 1.807) is 0 Å². The molecule has 0 aromatic heterocycles. The minimum absolute atomic E-state index is 0.205. The summed E-state index contributed by atoms with van der Waals surface area (Å²) < 4.78 is 61.6. The van der Waals surface area contributed by atoms with Crippen molar-refractivity contribution in [2.75, 3.05) is 11.5 Å². The Hall–Kier alpha value is -1.53. The van der Waals surface area contributed by atoms with E-state index in [0.29, 0.717) is 6.07 Å². The van der Waals surface area contributed by atoms with E-state index in [2.05, 4.69) is 0 Å². The van der Waals surface area contributed by atoms with Crippen molar-refractivity contribution in [3.63, 3.8) is 0 Å². The lowest BCUT2D eigenvalue weighted by Crippen LogP contribution is -2.34. The second-order valence-electron chi connectivity index (χ2n) is 2.92. The molecule has 1 aromatic rings. The van der Waals surface area contributed by atoms with Crippen molar-refractivity contribution >= 4 is 11.4 Å². The van der Waals surface area contributed by atoms with E-state index in [1.165, 1.54) is 0 Å². The zero-order valence-electron chi connectivity index (χ0n) is 7.28. The highest BCUT2D eigenvalue weighted by Gasteiger charge is 2.59. The van der Waals surface area contributed by atoms with Gasteiger partial charge in [-0.3, -0.25) is 0 Å². The Morgan fingerprint density at radius 3 is 1.93 bits per heavy atom. The first-order chi connectivity index (χ1) is 6.66. The van der Waals surface area contributed by atoms with Gasteiger partial charge in [-0.15, -0.1) is 0 Å². The zero-order valence-corrected chi connectivity index (χ0v) is 7.28. The van der Waals surface area contributed by atoms with Gasteiger partial charge in [-0.2, -0.15) is 22.0 Å². The van der Waals surface area contributed by atoms with Crippen molar-refractivity contribution in [3.05, 3.63) is 23.8 Å². The first-order valence-corrected chi connectivity index (χ1v) is 3.76. The van der Waals surface area contributed by atoms with Crippen molar-refractivity contribution in [1.29, 1.82) is 0 Å². The summed E-state index contributed by atoms with van der Waals surface area (Å²) in [4.78, 5) is 0. The predicted octanol–water partition coefficient (Wildman–Crippen LogP) is 2.51. The second kappa shape index (κ2) is 3.25. The average Bonchev–Trinajstić information content (AvgIpc) is 2.07. The summed E-state index contributed by atoms with van der Waals surface area (Å²) in [6.07, 6.45) is -5.69. The lowest BCUT2D eigenvalue weighted by atomic mass is 10.1. The number of nitrogen functional groups attached to an aromatic ring is 2. The maximum Gasteiger partial charge on any atom is 0.458 e. The third-order valence-corrected chi connectivity index (χ3v) is 1.77. The molecule has 0 aliphatic rings. The lowest BCUT2D eigenvalue weighted by molar-refractivity contribution is -0.289. The van der Waals surface area contributed by atoms with E-state index in [4.69, 9.17) is 11.5 Å². The summed E-state index contributed by atoms with van der Waals surface area (Å²) in [6.45, 7) is 0. The number of hydrogen-bond acceptors (Lipinski definition) is 2. The fourth-order valence-corrected chi connectivity index (χ4v) is 0.999. The molecular weight excluding hydrogens is 219 g/mol. The van der Waals surface area contributed by atoms with E-state index in [0.717, 1.165) is 12.1 Å². The van der Waals surface area contributed by atoms with E-state index < -0.39 is 23.3 Å². The van der Waals surface area contributed by atoms with Crippen LogP contribution in [-0.4, -0.2) is 6.18 Å². The Morgan fingerprint density at radius 1 is 0.933 bits per heavy atom. The van der Waals surface area contributed by atoms with Crippen molar-refractivity contribution in [1.82, 2.24) is 0 Å². The molecule has 0 aliphatic heterocycles. The van der Waals surface area contributed by atoms with E-state index in [9.17, 15) is 22.0 Å². The Balaban J connectivity index is 3.32. The molecule has 0 unspecified atom stereocenters. The molecule has 15 heavy (non-hydrogen) atoms. The van der Waals surface area contributed by atoms with E-state index >= 15 is 0 Å². The monoisotopic (exact) mass is 226 g/mol. The smallest absolute Gasteiger partial charge is 0.399 e. The van der Waals surface area contributed by atoms with Gasteiger partial charge in [-0.1, -0.05) is 0 Å². The first kappa shape index (κ1) is 11.5. The maximum absolute atomic E-state index is 12.8. The second-order valence-corrected chi connectivity index (χ2v) is 2.92. The normalized spacial score (nSPS) is 12.9. The molecule has 0 saturated carbocycles. The molecule has 0 bridgehead atoms. The van der Waals surface area contributed by atoms with Gasteiger partial charge in [-0.05, 0) is 18.2 Å². The maximum atomic E-state index is 12.8.